The van der Waals surface area contributed by atoms with Crippen LogP contribution in [0.4, 0.5) is 5.69 Å². The molecule has 0 bridgehead atoms. The highest BCUT2D eigenvalue weighted by molar-refractivity contribution is 7.92. The lowest BCUT2D eigenvalue weighted by molar-refractivity contribution is 0.101. The van der Waals surface area contributed by atoms with E-state index in [0.717, 1.165) is 16.6 Å². The van der Waals surface area contributed by atoms with Crippen molar-refractivity contribution in [2.24, 2.45) is 0 Å². The van der Waals surface area contributed by atoms with Crippen molar-refractivity contribution in [2.45, 2.75) is 11.8 Å². The summed E-state index contributed by atoms with van der Waals surface area (Å²) in [6, 6.07) is 20.2. The molecule has 0 fully saturated rings. The van der Waals surface area contributed by atoms with Crippen LogP contribution >= 0.6 is 0 Å². The number of imidazole rings is 1. The van der Waals surface area contributed by atoms with E-state index < -0.39 is 10.0 Å². The molecule has 146 valence electrons. The molecule has 8 heteroatoms. The zero-order chi connectivity index (χ0) is 20.4. The summed E-state index contributed by atoms with van der Waals surface area (Å²) in [6.45, 7) is 1.93. The largest absolute Gasteiger partial charge is 0.280 e. The highest BCUT2D eigenvalue weighted by Crippen LogP contribution is 2.17. The lowest BCUT2D eigenvalue weighted by atomic mass is 10.2. The Morgan fingerprint density at radius 3 is 2.34 bits per heavy atom. The van der Waals surface area contributed by atoms with Gasteiger partial charge in [0.2, 0.25) is 0 Å². The maximum atomic E-state index is 12.5. The Hall–Kier alpha value is -3.65. The number of amides is 1. The van der Waals surface area contributed by atoms with E-state index >= 15 is 0 Å². The summed E-state index contributed by atoms with van der Waals surface area (Å²) in [5, 5.41) is 0. The Morgan fingerprint density at radius 2 is 1.62 bits per heavy atom. The average molecular weight is 406 g/mol. The SMILES string of the molecule is Cc1ccc(NS(=O)(=O)c2ccc(C(=O)Nn3cnc4ccccc43)cc2)cc1. The molecule has 0 radical (unpaired) electrons. The van der Waals surface area contributed by atoms with Crippen LogP contribution in [0, 0.1) is 6.92 Å². The van der Waals surface area contributed by atoms with Gasteiger partial charge in [-0.05, 0) is 55.5 Å². The maximum absolute atomic E-state index is 12.5. The third kappa shape index (κ3) is 3.97. The summed E-state index contributed by atoms with van der Waals surface area (Å²) in [7, 11) is -3.74. The van der Waals surface area contributed by atoms with Crippen molar-refractivity contribution in [3.05, 3.63) is 90.3 Å². The lowest BCUT2D eigenvalue weighted by Gasteiger charge is -2.10. The minimum absolute atomic E-state index is 0.0719. The van der Waals surface area contributed by atoms with Gasteiger partial charge in [-0.25, -0.2) is 18.1 Å². The second-order valence-corrected chi connectivity index (χ2v) is 8.22. The highest BCUT2D eigenvalue weighted by atomic mass is 32.2. The molecule has 1 aromatic heterocycles. The minimum Gasteiger partial charge on any atom is -0.280 e. The summed E-state index contributed by atoms with van der Waals surface area (Å²) < 4.78 is 29.1. The van der Waals surface area contributed by atoms with Gasteiger partial charge >= 0.3 is 0 Å². The van der Waals surface area contributed by atoms with Crippen LogP contribution in [0.1, 0.15) is 15.9 Å². The number of sulfonamides is 1. The monoisotopic (exact) mass is 406 g/mol. The van der Waals surface area contributed by atoms with Crippen molar-refractivity contribution in [3.8, 4) is 0 Å². The Balaban J connectivity index is 1.50. The molecule has 7 nitrogen and oxygen atoms in total. The number of nitrogens with one attached hydrogen (secondary N) is 2. The first-order valence-corrected chi connectivity index (χ1v) is 10.3. The molecule has 0 aliphatic carbocycles. The van der Waals surface area contributed by atoms with Gasteiger partial charge in [-0.2, -0.15) is 0 Å². The van der Waals surface area contributed by atoms with Crippen molar-refractivity contribution < 1.29 is 13.2 Å². The van der Waals surface area contributed by atoms with Crippen LogP contribution in [0.2, 0.25) is 0 Å². The molecule has 0 aliphatic rings. The van der Waals surface area contributed by atoms with Crippen LogP contribution in [0.15, 0.2) is 84.0 Å². The number of aromatic nitrogens is 2. The van der Waals surface area contributed by atoms with Gasteiger partial charge < -0.3 is 0 Å². The van der Waals surface area contributed by atoms with E-state index in [1.165, 1.54) is 35.3 Å². The highest BCUT2D eigenvalue weighted by Gasteiger charge is 2.15. The number of carbonyl (C=O) groups is 1. The quantitative estimate of drug-likeness (QED) is 0.530. The fourth-order valence-corrected chi connectivity index (χ4v) is 3.90. The molecule has 4 aromatic rings. The number of fused-ring (bicyclic) bond motifs is 1. The molecule has 29 heavy (non-hydrogen) atoms. The van der Waals surface area contributed by atoms with Crippen LogP contribution in [0.25, 0.3) is 11.0 Å². The minimum atomic E-state index is -3.74. The van der Waals surface area contributed by atoms with E-state index in [4.69, 9.17) is 0 Å². The number of hydrogen-bond acceptors (Lipinski definition) is 4. The van der Waals surface area contributed by atoms with Crippen molar-refractivity contribution in [1.29, 1.82) is 0 Å². The van der Waals surface area contributed by atoms with E-state index in [2.05, 4.69) is 15.1 Å². The molecule has 0 aliphatic heterocycles. The number of benzene rings is 3. The summed E-state index contributed by atoms with van der Waals surface area (Å²) in [5.41, 5.74) is 6.10. The smallest absolute Gasteiger partial charge is 0.270 e. The molecule has 0 saturated carbocycles. The first kappa shape index (κ1) is 18.7. The molecule has 0 saturated heterocycles. The van der Waals surface area contributed by atoms with Crippen molar-refractivity contribution in [1.82, 2.24) is 9.66 Å². The Bertz CT molecular complexity index is 1280. The van der Waals surface area contributed by atoms with Crippen LogP contribution in [0.5, 0.6) is 0 Å². The van der Waals surface area contributed by atoms with Gasteiger partial charge in [0.1, 0.15) is 6.33 Å². The van der Waals surface area contributed by atoms with E-state index in [1.54, 1.807) is 12.1 Å². The van der Waals surface area contributed by atoms with Crippen molar-refractivity contribution in [2.75, 3.05) is 10.1 Å². The number of hydrogen-bond donors (Lipinski definition) is 2. The van der Waals surface area contributed by atoms with Gasteiger partial charge in [0.15, 0.2) is 0 Å². The zero-order valence-electron chi connectivity index (χ0n) is 15.5. The molecule has 1 amide bonds. The number of para-hydroxylation sites is 2. The van der Waals surface area contributed by atoms with Crippen LogP contribution in [-0.4, -0.2) is 24.0 Å². The second kappa shape index (κ2) is 7.40. The fraction of sp³-hybridized carbons (Fsp3) is 0.0476. The van der Waals surface area contributed by atoms with Gasteiger partial charge in [0, 0.05) is 11.3 Å². The molecule has 0 unspecified atom stereocenters. The number of aryl methyl sites for hydroxylation is 1. The Kier molecular flexibility index (Phi) is 4.77. The van der Waals surface area contributed by atoms with Gasteiger partial charge in [-0.15, -0.1) is 0 Å². The topological polar surface area (TPSA) is 93.1 Å². The molecular formula is C21H18N4O3S. The van der Waals surface area contributed by atoms with Gasteiger partial charge in [0.25, 0.3) is 15.9 Å². The predicted octanol–water partition coefficient (Wildman–Crippen LogP) is 3.53. The lowest BCUT2D eigenvalue weighted by Crippen LogP contribution is -2.22. The maximum Gasteiger partial charge on any atom is 0.270 e. The molecule has 4 rings (SSSR count). The van der Waals surface area contributed by atoms with Gasteiger partial charge in [-0.1, -0.05) is 29.8 Å². The second-order valence-electron chi connectivity index (χ2n) is 6.54. The Labute approximate surface area is 168 Å². The van der Waals surface area contributed by atoms with Crippen LogP contribution < -0.4 is 10.1 Å². The Morgan fingerprint density at radius 1 is 0.931 bits per heavy atom. The van der Waals surface area contributed by atoms with Crippen LogP contribution in [-0.2, 0) is 10.0 Å². The summed E-state index contributed by atoms with van der Waals surface area (Å²) in [4.78, 5) is 16.8. The van der Waals surface area contributed by atoms with Crippen molar-refractivity contribution >= 4 is 32.7 Å². The molecule has 0 spiro atoms. The molecule has 2 N–H and O–H groups in total. The molecule has 0 atom stereocenters. The van der Waals surface area contributed by atoms with Gasteiger partial charge in [0.05, 0.1) is 15.9 Å². The third-order valence-corrected chi connectivity index (χ3v) is 5.80. The predicted molar refractivity (Wildman–Crippen MR) is 112 cm³/mol. The van der Waals surface area contributed by atoms with E-state index in [-0.39, 0.29) is 10.8 Å². The van der Waals surface area contributed by atoms with E-state index in [1.807, 2.05) is 43.3 Å². The van der Waals surface area contributed by atoms with Crippen LogP contribution in [0.3, 0.4) is 0 Å². The van der Waals surface area contributed by atoms with Crippen molar-refractivity contribution in [3.63, 3.8) is 0 Å². The van der Waals surface area contributed by atoms with E-state index in [9.17, 15) is 13.2 Å². The third-order valence-electron chi connectivity index (χ3n) is 4.41. The standard InChI is InChI=1S/C21H18N4O3S/c1-15-6-10-17(11-7-15)24-29(27,28)18-12-8-16(9-13-18)21(26)23-25-14-22-19-4-2-3-5-20(19)25/h2-14,24H,1H3,(H,23,26). The molecule has 3 aromatic carbocycles. The fourth-order valence-electron chi connectivity index (χ4n) is 2.84. The number of rotatable bonds is 5. The first-order chi connectivity index (χ1) is 13.9. The number of carbonyl (C=O) groups excluding carboxylic acids is 1. The normalized spacial score (nSPS) is 11.3. The average Bonchev–Trinajstić information content (AvgIpc) is 3.13. The van der Waals surface area contributed by atoms with Gasteiger partial charge in [-0.3, -0.25) is 14.9 Å². The summed E-state index contributed by atoms with van der Waals surface area (Å²) >= 11 is 0. The summed E-state index contributed by atoms with van der Waals surface area (Å²) in [6.07, 6.45) is 1.52. The number of nitrogens with zero attached hydrogens (tertiary/aromatic N) is 2. The number of anilines is 1. The molecule has 1 heterocycles. The zero-order valence-corrected chi connectivity index (χ0v) is 16.3. The summed E-state index contributed by atoms with van der Waals surface area (Å²) in [5.74, 6) is -0.372. The van der Waals surface area contributed by atoms with E-state index in [0.29, 0.717) is 11.3 Å². The molecular weight excluding hydrogens is 388 g/mol. The first-order valence-electron chi connectivity index (χ1n) is 8.85.